The summed E-state index contributed by atoms with van der Waals surface area (Å²) in [5, 5.41) is 2.90. The van der Waals surface area contributed by atoms with Crippen LogP contribution in [0.5, 0.6) is 11.5 Å². The molecule has 3 aromatic rings. The quantitative estimate of drug-likeness (QED) is 0.413. The Labute approximate surface area is 205 Å². The molecular weight excluding hydrogens is 471 g/mol. The van der Waals surface area contributed by atoms with E-state index in [2.05, 4.69) is 5.32 Å². The molecule has 1 amide bonds. The fourth-order valence-corrected chi connectivity index (χ4v) is 4.97. The van der Waals surface area contributed by atoms with Gasteiger partial charge in [0, 0.05) is 0 Å². The van der Waals surface area contributed by atoms with Gasteiger partial charge in [0.1, 0.15) is 23.9 Å². The van der Waals surface area contributed by atoms with Crippen molar-refractivity contribution in [3.63, 3.8) is 0 Å². The number of rotatable bonds is 11. The lowest BCUT2D eigenvalue weighted by Gasteiger charge is -2.26. The summed E-state index contributed by atoms with van der Waals surface area (Å²) >= 11 is 0. The number of hydrogen-bond donors (Lipinski definition) is 1. The molecule has 1 atom stereocenters. The Hall–Kier alpha value is -3.59. The van der Waals surface area contributed by atoms with Gasteiger partial charge >= 0.3 is 0 Å². The van der Waals surface area contributed by atoms with Crippen molar-refractivity contribution in [1.82, 2.24) is 5.32 Å². The molecule has 0 bridgehead atoms. The van der Waals surface area contributed by atoms with Crippen molar-refractivity contribution < 1.29 is 27.1 Å². The molecular formula is C26H29FN2O5S. The van der Waals surface area contributed by atoms with E-state index in [4.69, 9.17) is 9.47 Å². The smallest absolute Gasteiger partial charge is 0.264 e. The molecule has 0 spiro atoms. The zero-order chi connectivity index (χ0) is 25.4. The summed E-state index contributed by atoms with van der Waals surface area (Å²) in [6.45, 7) is 3.72. The number of methoxy groups -OCH3 is 1. The lowest BCUT2D eigenvalue weighted by atomic mass is 10.0. The van der Waals surface area contributed by atoms with Gasteiger partial charge in [-0.3, -0.25) is 9.10 Å². The predicted octanol–water partition coefficient (Wildman–Crippen LogP) is 4.70. The number of benzene rings is 3. The maximum absolute atomic E-state index is 13.5. The van der Waals surface area contributed by atoms with Crippen LogP contribution in [-0.4, -0.2) is 34.6 Å². The van der Waals surface area contributed by atoms with Crippen molar-refractivity contribution in [3.8, 4) is 11.5 Å². The van der Waals surface area contributed by atoms with Crippen molar-refractivity contribution in [2.24, 2.45) is 0 Å². The second-order valence-electron chi connectivity index (χ2n) is 7.69. The molecule has 3 rings (SSSR count). The van der Waals surface area contributed by atoms with Crippen LogP contribution in [0.4, 0.5) is 10.1 Å². The summed E-state index contributed by atoms with van der Waals surface area (Å²) in [6, 6.07) is 17.9. The van der Waals surface area contributed by atoms with E-state index in [0.717, 1.165) is 22.0 Å². The number of hydrogen-bond acceptors (Lipinski definition) is 5. The van der Waals surface area contributed by atoms with Crippen molar-refractivity contribution in [2.75, 3.05) is 24.6 Å². The van der Waals surface area contributed by atoms with Gasteiger partial charge < -0.3 is 14.8 Å². The van der Waals surface area contributed by atoms with Gasteiger partial charge in [-0.25, -0.2) is 12.8 Å². The molecule has 186 valence electrons. The minimum absolute atomic E-state index is 0.0136. The van der Waals surface area contributed by atoms with Gasteiger partial charge in [-0.2, -0.15) is 0 Å². The van der Waals surface area contributed by atoms with Crippen LogP contribution in [0.1, 0.15) is 31.9 Å². The van der Waals surface area contributed by atoms with Crippen LogP contribution >= 0.6 is 0 Å². The number of amides is 1. The van der Waals surface area contributed by atoms with Gasteiger partial charge in [-0.05, 0) is 79.6 Å². The number of sulfonamides is 1. The molecule has 0 heterocycles. The molecule has 0 unspecified atom stereocenters. The van der Waals surface area contributed by atoms with Crippen LogP contribution in [0.2, 0.25) is 0 Å². The van der Waals surface area contributed by atoms with Gasteiger partial charge in [0.25, 0.3) is 10.0 Å². The Morgan fingerprint density at radius 2 is 1.54 bits per heavy atom. The Bertz CT molecular complexity index is 1210. The molecule has 0 saturated carbocycles. The zero-order valence-electron chi connectivity index (χ0n) is 19.9. The summed E-state index contributed by atoms with van der Waals surface area (Å²) in [7, 11) is -2.56. The maximum atomic E-state index is 13.5. The number of nitrogens with one attached hydrogen (secondary N) is 1. The molecule has 35 heavy (non-hydrogen) atoms. The summed E-state index contributed by atoms with van der Waals surface area (Å²) in [6.07, 6.45) is 0.597. The SMILES string of the molecule is CCOc1ccc(S(=O)(=O)N(CC(=O)N[C@H](CC)c2ccc(OC)cc2)c2ccc(F)cc2)cc1. The second-order valence-corrected chi connectivity index (χ2v) is 9.56. The monoisotopic (exact) mass is 500 g/mol. The first-order chi connectivity index (χ1) is 16.8. The number of halogens is 1. The topological polar surface area (TPSA) is 84.9 Å². The largest absolute Gasteiger partial charge is 0.497 e. The molecule has 0 radical (unpaired) electrons. The second kappa shape index (κ2) is 11.7. The molecule has 0 aliphatic rings. The number of carbonyl (C=O) groups excluding carboxylic acids is 1. The van der Waals surface area contributed by atoms with E-state index in [1.54, 1.807) is 31.4 Å². The lowest BCUT2D eigenvalue weighted by molar-refractivity contribution is -0.120. The van der Waals surface area contributed by atoms with Gasteiger partial charge in [-0.15, -0.1) is 0 Å². The maximum Gasteiger partial charge on any atom is 0.264 e. The van der Waals surface area contributed by atoms with E-state index >= 15 is 0 Å². The zero-order valence-corrected chi connectivity index (χ0v) is 20.7. The molecule has 3 aromatic carbocycles. The molecule has 1 N–H and O–H groups in total. The van der Waals surface area contributed by atoms with Gasteiger partial charge in [0.2, 0.25) is 5.91 Å². The van der Waals surface area contributed by atoms with E-state index in [0.29, 0.717) is 24.5 Å². The number of anilines is 1. The van der Waals surface area contributed by atoms with E-state index in [1.807, 2.05) is 26.0 Å². The van der Waals surface area contributed by atoms with Gasteiger partial charge in [0.15, 0.2) is 0 Å². The highest BCUT2D eigenvalue weighted by Gasteiger charge is 2.28. The van der Waals surface area contributed by atoms with Crippen molar-refractivity contribution in [2.45, 2.75) is 31.2 Å². The van der Waals surface area contributed by atoms with Gasteiger partial charge in [-0.1, -0.05) is 19.1 Å². The highest BCUT2D eigenvalue weighted by molar-refractivity contribution is 7.92. The summed E-state index contributed by atoms with van der Waals surface area (Å²) in [4.78, 5) is 13.0. The minimum atomic E-state index is -4.13. The van der Waals surface area contributed by atoms with Crippen LogP contribution in [0, 0.1) is 5.82 Å². The van der Waals surface area contributed by atoms with Crippen LogP contribution < -0.4 is 19.1 Å². The number of carbonyl (C=O) groups is 1. The van der Waals surface area contributed by atoms with E-state index in [1.165, 1.54) is 24.3 Å². The fourth-order valence-electron chi connectivity index (χ4n) is 3.55. The van der Waals surface area contributed by atoms with Crippen LogP contribution in [0.3, 0.4) is 0 Å². The summed E-state index contributed by atoms with van der Waals surface area (Å²) in [5.74, 6) is 0.218. The molecule has 7 nitrogen and oxygen atoms in total. The summed E-state index contributed by atoms with van der Waals surface area (Å²) in [5.41, 5.74) is 1.04. The van der Waals surface area contributed by atoms with E-state index < -0.39 is 28.3 Å². The first kappa shape index (κ1) is 26.0. The van der Waals surface area contributed by atoms with Crippen LogP contribution in [0.25, 0.3) is 0 Å². The number of ether oxygens (including phenoxy) is 2. The standard InChI is InChI=1S/C26H29FN2O5S/c1-4-25(19-6-12-22(33-3)13-7-19)28-26(30)18-29(21-10-8-20(27)9-11-21)35(31,32)24-16-14-23(15-17-24)34-5-2/h6-17,25H,4-5,18H2,1-3H3,(H,28,30)/t25-/m1/s1. The van der Waals surface area contributed by atoms with Crippen molar-refractivity contribution in [1.29, 1.82) is 0 Å². The van der Waals surface area contributed by atoms with E-state index in [9.17, 15) is 17.6 Å². The highest BCUT2D eigenvalue weighted by Crippen LogP contribution is 2.26. The van der Waals surface area contributed by atoms with Crippen LogP contribution in [0.15, 0.2) is 77.7 Å². The highest BCUT2D eigenvalue weighted by atomic mass is 32.2. The van der Waals surface area contributed by atoms with Crippen molar-refractivity contribution in [3.05, 3.63) is 84.2 Å². The van der Waals surface area contributed by atoms with Crippen molar-refractivity contribution >= 4 is 21.6 Å². The predicted molar refractivity (Wildman–Crippen MR) is 133 cm³/mol. The molecule has 0 fully saturated rings. The average molecular weight is 501 g/mol. The third-order valence-electron chi connectivity index (χ3n) is 5.39. The Kier molecular flexibility index (Phi) is 8.70. The molecule has 9 heteroatoms. The third kappa shape index (κ3) is 6.51. The molecule has 0 aliphatic carbocycles. The third-order valence-corrected chi connectivity index (χ3v) is 7.17. The molecule has 0 aromatic heterocycles. The van der Waals surface area contributed by atoms with Gasteiger partial charge in [0.05, 0.1) is 30.3 Å². The minimum Gasteiger partial charge on any atom is -0.497 e. The Balaban J connectivity index is 1.87. The normalized spacial score (nSPS) is 12.0. The Morgan fingerprint density at radius 1 is 0.943 bits per heavy atom. The fraction of sp³-hybridized carbons (Fsp3) is 0.269. The average Bonchev–Trinajstić information content (AvgIpc) is 2.87. The summed E-state index contributed by atoms with van der Waals surface area (Å²) < 4.78 is 52.1. The van der Waals surface area contributed by atoms with E-state index in [-0.39, 0.29) is 16.6 Å². The Morgan fingerprint density at radius 3 is 2.09 bits per heavy atom. The first-order valence-electron chi connectivity index (χ1n) is 11.2. The molecule has 0 saturated heterocycles. The lowest BCUT2D eigenvalue weighted by Crippen LogP contribution is -2.42. The first-order valence-corrected chi connectivity index (χ1v) is 12.7. The molecule has 0 aliphatic heterocycles. The van der Waals surface area contributed by atoms with Crippen LogP contribution in [-0.2, 0) is 14.8 Å². The number of nitrogens with zero attached hydrogens (tertiary/aromatic N) is 1.